The lowest BCUT2D eigenvalue weighted by Crippen LogP contribution is -2.37. The standard InChI is InChI=1S/C27H25BrN2O7S/c1-17-22(29-26(36-17)23-11-12-24(28)38-23)13-14-35-20-5-3-18(4-6-20)15-30(16-25(31)32)27(33)37-21-9-7-19(34-2)8-10-21/h3-12H,13-16H2,1-2H3,(H,31,32). The first-order valence-corrected chi connectivity index (χ1v) is 13.2. The van der Waals surface area contributed by atoms with E-state index in [2.05, 4.69) is 20.9 Å². The fourth-order valence-electron chi connectivity index (χ4n) is 3.53. The summed E-state index contributed by atoms with van der Waals surface area (Å²) in [5.74, 6) is 1.74. The van der Waals surface area contributed by atoms with Crippen LogP contribution >= 0.6 is 27.3 Å². The van der Waals surface area contributed by atoms with Crippen LogP contribution in [0, 0.1) is 6.92 Å². The number of thiophene rings is 1. The molecule has 4 aromatic rings. The Hall–Kier alpha value is -3.83. The molecule has 0 spiro atoms. The lowest BCUT2D eigenvalue weighted by Gasteiger charge is -2.20. The van der Waals surface area contributed by atoms with E-state index in [0.29, 0.717) is 30.4 Å². The molecule has 2 aromatic carbocycles. The third-order valence-corrected chi connectivity index (χ3v) is 7.04. The molecule has 0 aliphatic carbocycles. The lowest BCUT2D eigenvalue weighted by molar-refractivity contribution is -0.138. The molecule has 0 bridgehead atoms. The van der Waals surface area contributed by atoms with E-state index in [1.54, 1.807) is 59.9 Å². The Kier molecular flexibility index (Phi) is 9.03. The molecule has 0 atom stereocenters. The van der Waals surface area contributed by atoms with E-state index < -0.39 is 18.6 Å². The van der Waals surface area contributed by atoms with Crippen molar-refractivity contribution < 1.29 is 33.3 Å². The maximum Gasteiger partial charge on any atom is 0.416 e. The second-order valence-corrected chi connectivity index (χ2v) is 10.6. The van der Waals surface area contributed by atoms with Crippen molar-refractivity contribution in [3.05, 3.63) is 81.5 Å². The molecule has 0 aliphatic heterocycles. The molecule has 0 unspecified atom stereocenters. The zero-order valence-corrected chi connectivity index (χ0v) is 23.1. The summed E-state index contributed by atoms with van der Waals surface area (Å²) in [6.07, 6.45) is -0.192. The number of hydrogen-bond donors (Lipinski definition) is 1. The van der Waals surface area contributed by atoms with Gasteiger partial charge in [-0.2, -0.15) is 0 Å². The summed E-state index contributed by atoms with van der Waals surface area (Å²) in [7, 11) is 1.53. The number of aliphatic carboxylic acids is 1. The molecule has 198 valence electrons. The number of oxazole rings is 1. The van der Waals surface area contributed by atoms with Crippen molar-refractivity contribution >= 4 is 39.3 Å². The molecule has 0 radical (unpaired) electrons. The predicted molar refractivity (Wildman–Crippen MR) is 145 cm³/mol. The summed E-state index contributed by atoms with van der Waals surface area (Å²) in [6, 6.07) is 17.4. The van der Waals surface area contributed by atoms with Gasteiger partial charge in [0.05, 0.1) is 28.1 Å². The van der Waals surface area contributed by atoms with Gasteiger partial charge in [-0.05, 0) is 76.9 Å². The van der Waals surface area contributed by atoms with Crippen LogP contribution in [0.4, 0.5) is 4.79 Å². The van der Waals surface area contributed by atoms with Gasteiger partial charge in [-0.3, -0.25) is 9.69 Å². The van der Waals surface area contributed by atoms with Gasteiger partial charge in [0.15, 0.2) is 0 Å². The van der Waals surface area contributed by atoms with E-state index in [4.69, 9.17) is 18.6 Å². The zero-order chi connectivity index (χ0) is 27.1. The SMILES string of the molecule is COc1ccc(OC(=O)N(CC(=O)O)Cc2ccc(OCCc3nc(-c4ccc(Br)s4)oc3C)cc2)cc1. The largest absolute Gasteiger partial charge is 0.497 e. The topological polar surface area (TPSA) is 111 Å². The summed E-state index contributed by atoms with van der Waals surface area (Å²) in [4.78, 5) is 30.6. The molecule has 1 amide bonds. The molecule has 2 heterocycles. The van der Waals surface area contributed by atoms with E-state index in [1.165, 1.54) is 7.11 Å². The highest BCUT2D eigenvalue weighted by Gasteiger charge is 2.20. The van der Waals surface area contributed by atoms with E-state index in [-0.39, 0.29) is 12.3 Å². The average molecular weight is 601 g/mol. The Morgan fingerprint density at radius 2 is 1.71 bits per heavy atom. The molecule has 4 rings (SSSR count). The van der Waals surface area contributed by atoms with E-state index in [9.17, 15) is 14.7 Å². The van der Waals surface area contributed by atoms with Gasteiger partial charge in [0.2, 0.25) is 5.89 Å². The van der Waals surface area contributed by atoms with E-state index in [1.807, 2.05) is 19.1 Å². The van der Waals surface area contributed by atoms with Gasteiger partial charge >= 0.3 is 12.1 Å². The average Bonchev–Trinajstić information content (AvgIpc) is 3.50. The summed E-state index contributed by atoms with van der Waals surface area (Å²) in [6.45, 7) is 1.83. The van der Waals surface area contributed by atoms with E-state index >= 15 is 0 Å². The molecular formula is C27H25BrN2O7S. The van der Waals surface area contributed by atoms with Crippen LogP contribution < -0.4 is 14.2 Å². The Balaban J connectivity index is 1.32. The van der Waals surface area contributed by atoms with E-state index in [0.717, 1.165) is 30.6 Å². The summed E-state index contributed by atoms with van der Waals surface area (Å²) < 4.78 is 23.1. The van der Waals surface area contributed by atoms with Gasteiger partial charge in [-0.1, -0.05) is 12.1 Å². The summed E-state index contributed by atoms with van der Waals surface area (Å²) in [5, 5.41) is 9.27. The van der Waals surface area contributed by atoms with Gasteiger partial charge in [-0.15, -0.1) is 11.3 Å². The van der Waals surface area contributed by atoms with Crippen LogP contribution in [0.15, 0.2) is 68.9 Å². The number of nitrogens with zero attached hydrogens (tertiary/aromatic N) is 2. The molecule has 9 nitrogen and oxygen atoms in total. The Morgan fingerprint density at radius 3 is 2.34 bits per heavy atom. The second kappa shape index (κ2) is 12.6. The molecule has 0 saturated carbocycles. The number of hydrogen-bond acceptors (Lipinski definition) is 8. The molecule has 38 heavy (non-hydrogen) atoms. The van der Waals surface area contributed by atoms with Gasteiger partial charge in [0.25, 0.3) is 0 Å². The number of carbonyl (C=O) groups is 2. The highest BCUT2D eigenvalue weighted by molar-refractivity contribution is 9.11. The molecule has 2 aromatic heterocycles. The minimum absolute atomic E-state index is 0.0569. The van der Waals surface area contributed by atoms with Crippen LogP contribution in [-0.4, -0.2) is 47.3 Å². The minimum atomic E-state index is -1.14. The highest BCUT2D eigenvalue weighted by Crippen LogP contribution is 2.32. The van der Waals surface area contributed by atoms with Crippen LogP contribution in [0.25, 0.3) is 10.8 Å². The molecule has 0 fully saturated rings. The molecule has 1 N–H and O–H groups in total. The first kappa shape index (κ1) is 27.2. The first-order valence-electron chi connectivity index (χ1n) is 11.6. The first-order chi connectivity index (χ1) is 18.3. The van der Waals surface area contributed by atoms with Crippen LogP contribution in [0.2, 0.25) is 0 Å². The highest BCUT2D eigenvalue weighted by atomic mass is 79.9. The number of amides is 1. The molecule has 0 saturated heterocycles. The number of rotatable bonds is 11. The number of aryl methyl sites for hydroxylation is 1. The minimum Gasteiger partial charge on any atom is -0.497 e. The van der Waals surface area contributed by atoms with Crippen molar-refractivity contribution in [2.75, 3.05) is 20.3 Å². The van der Waals surface area contributed by atoms with Gasteiger partial charge in [0, 0.05) is 13.0 Å². The quantitative estimate of drug-likeness (QED) is 0.217. The predicted octanol–water partition coefficient (Wildman–Crippen LogP) is 6.19. The normalized spacial score (nSPS) is 10.7. The number of methoxy groups -OCH3 is 1. The summed E-state index contributed by atoms with van der Waals surface area (Å²) in [5.41, 5.74) is 1.56. The third kappa shape index (κ3) is 7.36. The molecule has 0 aliphatic rings. The van der Waals surface area contributed by atoms with Crippen molar-refractivity contribution in [3.63, 3.8) is 0 Å². The number of halogens is 1. The molecular weight excluding hydrogens is 576 g/mol. The van der Waals surface area contributed by atoms with Crippen LogP contribution in [0.3, 0.4) is 0 Å². The Morgan fingerprint density at radius 1 is 1.03 bits per heavy atom. The van der Waals surface area contributed by atoms with Crippen molar-refractivity contribution in [1.82, 2.24) is 9.88 Å². The van der Waals surface area contributed by atoms with Crippen molar-refractivity contribution in [2.24, 2.45) is 0 Å². The fraction of sp³-hybridized carbons (Fsp3) is 0.222. The smallest absolute Gasteiger partial charge is 0.416 e. The van der Waals surface area contributed by atoms with Gasteiger partial charge in [0.1, 0.15) is 29.6 Å². The third-order valence-electron chi connectivity index (χ3n) is 5.43. The monoisotopic (exact) mass is 600 g/mol. The number of ether oxygens (including phenoxy) is 3. The summed E-state index contributed by atoms with van der Waals surface area (Å²) >= 11 is 5.00. The van der Waals surface area contributed by atoms with Crippen molar-refractivity contribution in [3.8, 4) is 28.0 Å². The number of aromatic nitrogens is 1. The second-order valence-electron chi connectivity index (χ2n) is 8.16. The van der Waals surface area contributed by atoms with Crippen LogP contribution in [0.1, 0.15) is 17.0 Å². The number of benzene rings is 2. The maximum atomic E-state index is 12.6. The Labute approximate surface area is 231 Å². The van der Waals surface area contributed by atoms with Crippen molar-refractivity contribution in [2.45, 2.75) is 19.9 Å². The maximum absolute atomic E-state index is 12.6. The van der Waals surface area contributed by atoms with Crippen molar-refractivity contribution in [1.29, 1.82) is 0 Å². The Bertz CT molecular complexity index is 1380. The van der Waals surface area contributed by atoms with Crippen LogP contribution in [0.5, 0.6) is 17.2 Å². The zero-order valence-electron chi connectivity index (χ0n) is 20.7. The van der Waals surface area contributed by atoms with Crippen LogP contribution in [-0.2, 0) is 17.8 Å². The number of carbonyl (C=O) groups excluding carboxylic acids is 1. The van der Waals surface area contributed by atoms with Gasteiger partial charge < -0.3 is 23.7 Å². The number of carboxylic acids is 1. The number of carboxylic acid groups (broad SMARTS) is 1. The lowest BCUT2D eigenvalue weighted by atomic mass is 10.2. The fourth-order valence-corrected chi connectivity index (χ4v) is 4.84. The van der Waals surface area contributed by atoms with Gasteiger partial charge in [-0.25, -0.2) is 9.78 Å². The molecule has 11 heteroatoms.